The second-order valence-electron chi connectivity index (χ2n) is 4.22. The summed E-state index contributed by atoms with van der Waals surface area (Å²) in [6.07, 6.45) is 3.71. The molecule has 1 aliphatic carbocycles. The number of hydrogen-bond donors (Lipinski definition) is 2. The molecule has 0 saturated heterocycles. The standard InChI is InChI=1S/C11H17BrN2OS/c1-15-11(7-2-3-7)9(14-13)6-8-4-5-10(12)16-8/h4-5,7,9,11,14H,2-3,6,13H2,1H3. The summed E-state index contributed by atoms with van der Waals surface area (Å²) in [5, 5.41) is 0. The molecule has 1 aromatic rings. The van der Waals surface area contributed by atoms with Gasteiger partial charge in [0.1, 0.15) is 0 Å². The number of thiophene rings is 1. The first-order valence-electron chi connectivity index (χ1n) is 5.47. The molecule has 2 rings (SSSR count). The van der Waals surface area contributed by atoms with Crippen LogP contribution in [0.3, 0.4) is 0 Å². The maximum Gasteiger partial charge on any atom is 0.0769 e. The van der Waals surface area contributed by atoms with E-state index in [1.165, 1.54) is 21.5 Å². The fourth-order valence-corrected chi connectivity index (χ4v) is 3.60. The Morgan fingerprint density at radius 1 is 1.62 bits per heavy atom. The van der Waals surface area contributed by atoms with E-state index in [4.69, 9.17) is 10.6 Å². The zero-order chi connectivity index (χ0) is 11.5. The largest absolute Gasteiger partial charge is 0.379 e. The van der Waals surface area contributed by atoms with Crippen molar-refractivity contribution in [2.45, 2.75) is 31.4 Å². The second-order valence-corrected chi connectivity index (χ2v) is 6.77. The lowest BCUT2D eigenvalue weighted by atomic mass is 10.0. The summed E-state index contributed by atoms with van der Waals surface area (Å²) in [4.78, 5) is 1.33. The Morgan fingerprint density at radius 3 is 2.81 bits per heavy atom. The van der Waals surface area contributed by atoms with Gasteiger partial charge in [0.15, 0.2) is 0 Å². The van der Waals surface area contributed by atoms with E-state index in [0.29, 0.717) is 5.92 Å². The van der Waals surface area contributed by atoms with Crippen LogP contribution in [-0.4, -0.2) is 19.3 Å². The van der Waals surface area contributed by atoms with Crippen LogP contribution < -0.4 is 11.3 Å². The van der Waals surface area contributed by atoms with Gasteiger partial charge in [0.25, 0.3) is 0 Å². The highest BCUT2D eigenvalue weighted by Crippen LogP contribution is 2.36. The molecule has 1 saturated carbocycles. The van der Waals surface area contributed by atoms with Crippen LogP contribution in [-0.2, 0) is 11.2 Å². The topological polar surface area (TPSA) is 47.3 Å². The monoisotopic (exact) mass is 304 g/mol. The Morgan fingerprint density at radius 2 is 2.38 bits per heavy atom. The van der Waals surface area contributed by atoms with Crippen LogP contribution in [0, 0.1) is 5.92 Å². The van der Waals surface area contributed by atoms with E-state index in [0.717, 1.165) is 6.42 Å². The molecule has 3 nitrogen and oxygen atoms in total. The average Bonchev–Trinajstić information content (AvgIpc) is 3.02. The molecule has 0 amide bonds. The fraction of sp³-hybridized carbons (Fsp3) is 0.636. The third-order valence-electron chi connectivity index (χ3n) is 3.02. The number of methoxy groups -OCH3 is 1. The van der Waals surface area contributed by atoms with Crippen LogP contribution >= 0.6 is 27.3 Å². The van der Waals surface area contributed by atoms with E-state index in [2.05, 4.69) is 33.5 Å². The average molecular weight is 305 g/mol. The van der Waals surface area contributed by atoms with Gasteiger partial charge < -0.3 is 4.74 Å². The van der Waals surface area contributed by atoms with E-state index in [1.54, 1.807) is 18.4 Å². The molecule has 0 aromatic carbocycles. The minimum atomic E-state index is 0.211. The van der Waals surface area contributed by atoms with E-state index in [1.807, 2.05) is 0 Å². The predicted molar refractivity (Wildman–Crippen MR) is 70.4 cm³/mol. The highest BCUT2D eigenvalue weighted by Gasteiger charge is 2.36. The maximum absolute atomic E-state index is 5.63. The summed E-state index contributed by atoms with van der Waals surface area (Å²) in [5.41, 5.74) is 2.90. The van der Waals surface area contributed by atoms with E-state index < -0.39 is 0 Å². The molecule has 1 aromatic heterocycles. The normalized spacial score (nSPS) is 19.7. The highest BCUT2D eigenvalue weighted by molar-refractivity contribution is 9.11. The lowest BCUT2D eigenvalue weighted by molar-refractivity contribution is 0.0513. The Kier molecular flexibility index (Phi) is 4.38. The van der Waals surface area contributed by atoms with Crippen LogP contribution in [0.25, 0.3) is 0 Å². The Labute approximate surface area is 108 Å². The highest BCUT2D eigenvalue weighted by atomic mass is 79.9. The summed E-state index contributed by atoms with van der Waals surface area (Å²) in [5.74, 6) is 6.32. The van der Waals surface area contributed by atoms with Gasteiger partial charge in [-0.25, -0.2) is 0 Å². The number of ether oxygens (including phenoxy) is 1. The summed E-state index contributed by atoms with van der Waals surface area (Å²) in [6.45, 7) is 0. The second kappa shape index (κ2) is 5.60. The number of nitrogens with two attached hydrogens (primary N) is 1. The molecule has 3 N–H and O–H groups in total. The zero-order valence-corrected chi connectivity index (χ0v) is 11.7. The summed E-state index contributed by atoms with van der Waals surface area (Å²) < 4.78 is 6.72. The van der Waals surface area contributed by atoms with Gasteiger partial charge in [0.05, 0.1) is 15.9 Å². The quantitative estimate of drug-likeness (QED) is 0.626. The van der Waals surface area contributed by atoms with E-state index in [-0.39, 0.29) is 12.1 Å². The number of rotatable bonds is 6. The van der Waals surface area contributed by atoms with Gasteiger partial charge in [0.2, 0.25) is 0 Å². The summed E-state index contributed by atoms with van der Waals surface area (Å²) >= 11 is 5.23. The molecule has 5 heteroatoms. The molecule has 2 atom stereocenters. The Balaban J connectivity index is 1.98. The van der Waals surface area contributed by atoms with Crippen molar-refractivity contribution in [3.63, 3.8) is 0 Å². The predicted octanol–water partition coefficient (Wildman–Crippen LogP) is 2.31. The molecule has 0 spiro atoms. The molecule has 1 aliphatic rings. The van der Waals surface area contributed by atoms with Crippen LogP contribution in [0.5, 0.6) is 0 Å². The first-order chi connectivity index (χ1) is 7.74. The molecule has 1 fully saturated rings. The molecular weight excluding hydrogens is 288 g/mol. The molecule has 0 bridgehead atoms. The molecule has 16 heavy (non-hydrogen) atoms. The van der Waals surface area contributed by atoms with Gasteiger partial charge >= 0.3 is 0 Å². The van der Waals surface area contributed by atoms with Crippen molar-refractivity contribution >= 4 is 27.3 Å². The van der Waals surface area contributed by atoms with Crippen molar-refractivity contribution in [2.75, 3.05) is 7.11 Å². The molecule has 0 radical (unpaired) electrons. The maximum atomic E-state index is 5.63. The minimum Gasteiger partial charge on any atom is -0.379 e. The lowest BCUT2D eigenvalue weighted by Gasteiger charge is -2.24. The van der Waals surface area contributed by atoms with E-state index >= 15 is 0 Å². The Bertz CT molecular complexity index is 340. The van der Waals surface area contributed by atoms with E-state index in [9.17, 15) is 0 Å². The third-order valence-corrected chi connectivity index (χ3v) is 4.67. The van der Waals surface area contributed by atoms with Gasteiger partial charge in [-0.1, -0.05) is 0 Å². The fourth-order valence-electron chi connectivity index (χ4n) is 2.06. The number of hydrazine groups is 1. The number of nitrogens with one attached hydrogen (secondary N) is 1. The SMILES string of the molecule is COC(C1CC1)C(Cc1ccc(Br)s1)NN. The smallest absolute Gasteiger partial charge is 0.0769 e. The summed E-state index contributed by atoms with van der Waals surface area (Å²) in [6, 6.07) is 4.42. The molecule has 0 aliphatic heterocycles. The van der Waals surface area contributed by atoms with Crippen molar-refractivity contribution < 1.29 is 4.74 Å². The first kappa shape index (κ1) is 12.5. The van der Waals surface area contributed by atoms with Gasteiger partial charge in [-0.3, -0.25) is 11.3 Å². The van der Waals surface area contributed by atoms with Crippen LogP contribution in [0.1, 0.15) is 17.7 Å². The van der Waals surface area contributed by atoms with Crippen molar-refractivity contribution in [3.05, 3.63) is 20.8 Å². The number of halogens is 1. The van der Waals surface area contributed by atoms with Gasteiger partial charge in [0, 0.05) is 18.4 Å². The molecule has 90 valence electrons. The van der Waals surface area contributed by atoms with Crippen molar-refractivity contribution in [1.82, 2.24) is 5.43 Å². The van der Waals surface area contributed by atoms with Crippen molar-refractivity contribution in [3.8, 4) is 0 Å². The van der Waals surface area contributed by atoms with Gasteiger partial charge in [-0.05, 0) is 46.8 Å². The molecule has 1 heterocycles. The zero-order valence-electron chi connectivity index (χ0n) is 9.28. The van der Waals surface area contributed by atoms with Crippen LogP contribution in [0.4, 0.5) is 0 Å². The molecule has 2 unspecified atom stereocenters. The summed E-state index contributed by atoms with van der Waals surface area (Å²) in [7, 11) is 1.78. The first-order valence-corrected chi connectivity index (χ1v) is 7.08. The Hall–Kier alpha value is 0.0600. The van der Waals surface area contributed by atoms with Gasteiger partial charge in [-0.15, -0.1) is 11.3 Å². The number of hydrogen-bond acceptors (Lipinski definition) is 4. The van der Waals surface area contributed by atoms with Crippen molar-refractivity contribution in [1.29, 1.82) is 0 Å². The lowest BCUT2D eigenvalue weighted by Crippen LogP contribution is -2.47. The third kappa shape index (κ3) is 3.05. The van der Waals surface area contributed by atoms with Crippen molar-refractivity contribution in [2.24, 2.45) is 11.8 Å². The van der Waals surface area contributed by atoms with Crippen LogP contribution in [0.15, 0.2) is 15.9 Å². The van der Waals surface area contributed by atoms with Gasteiger partial charge in [-0.2, -0.15) is 0 Å². The van der Waals surface area contributed by atoms with Crippen LogP contribution in [0.2, 0.25) is 0 Å². The molecular formula is C11H17BrN2OS. The minimum absolute atomic E-state index is 0.211.